The van der Waals surface area contributed by atoms with E-state index in [2.05, 4.69) is 10.6 Å². The van der Waals surface area contributed by atoms with Crippen molar-refractivity contribution >= 4 is 17.3 Å². The molecule has 0 radical (unpaired) electrons. The summed E-state index contributed by atoms with van der Waals surface area (Å²) in [6.45, 7) is 0. The van der Waals surface area contributed by atoms with Crippen molar-refractivity contribution in [3.8, 4) is 6.07 Å². The molecule has 2 aromatic rings. The highest BCUT2D eigenvalue weighted by atomic mass is 19.1. The molecule has 2 aromatic carbocycles. The van der Waals surface area contributed by atoms with Gasteiger partial charge in [0.25, 0.3) is 5.91 Å². The van der Waals surface area contributed by atoms with Crippen molar-refractivity contribution < 1.29 is 18.0 Å². The Morgan fingerprint density at radius 2 is 1.70 bits per heavy atom. The normalized spacial score (nSPS) is 10.8. The summed E-state index contributed by atoms with van der Waals surface area (Å²) < 4.78 is 39.0. The fourth-order valence-electron chi connectivity index (χ4n) is 1.64. The lowest BCUT2D eigenvalue weighted by molar-refractivity contribution is -0.112. The zero-order valence-electron chi connectivity index (χ0n) is 11.6. The number of nitrogens with zero attached hydrogens (tertiary/aromatic N) is 1. The van der Waals surface area contributed by atoms with Gasteiger partial charge in [-0.15, -0.1) is 0 Å². The molecule has 4 nitrogen and oxygen atoms in total. The minimum Gasteiger partial charge on any atom is -0.358 e. The van der Waals surface area contributed by atoms with Crippen molar-refractivity contribution in [3.05, 3.63) is 71.7 Å². The third-order valence-electron chi connectivity index (χ3n) is 2.77. The maximum Gasteiger partial charge on any atom is 0.267 e. The highest BCUT2D eigenvalue weighted by Gasteiger charge is 2.10. The minimum atomic E-state index is -0.863. The Kier molecular flexibility index (Phi) is 5.00. The Morgan fingerprint density at radius 1 is 1.04 bits per heavy atom. The zero-order valence-corrected chi connectivity index (χ0v) is 11.6. The van der Waals surface area contributed by atoms with E-state index in [0.717, 1.165) is 30.5 Å². The molecule has 7 heteroatoms. The maximum atomic E-state index is 13.4. The molecule has 23 heavy (non-hydrogen) atoms. The molecule has 0 heterocycles. The number of benzene rings is 2. The number of nitrogens with one attached hydrogen (secondary N) is 2. The van der Waals surface area contributed by atoms with Crippen LogP contribution in [-0.2, 0) is 4.79 Å². The van der Waals surface area contributed by atoms with E-state index in [1.807, 2.05) is 0 Å². The van der Waals surface area contributed by atoms with Crippen LogP contribution in [0.15, 0.2) is 54.2 Å². The van der Waals surface area contributed by atoms with E-state index in [-0.39, 0.29) is 11.3 Å². The van der Waals surface area contributed by atoms with Gasteiger partial charge in [-0.2, -0.15) is 5.26 Å². The number of rotatable bonds is 4. The quantitative estimate of drug-likeness (QED) is 0.669. The Labute approximate surface area is 129 Å². The topological polar surface area (TPSA) is 64.9 Å². The summed E-state index contributed by atoms with van der Waals surface area (Å²) in [5.74, 6) is -2.83. The molecule has 0 bridgehead atoms. The third kappa shape index (κ3) is 4.35. The molecule has 0 aromatic heterocycles. The second kappa shape index (κ2) is 7.13. The first-order valence-corrected chi connectivity index (χ1v) is 6.38. The monoisotopic (exact) mass is 317 g/mol. The van der Waals surface area contributed by atoms with Crippen molar-refractivity contribution in [1.82, 2.24) is 0 Å². The molecule has 0 saturated carbocycles. The Morgan fingerprint density at radius 3 is 2.30 bits per heavy atom. The predicted octanol–water partition coefficient (Wildman–Crippen LogP) is 3.56. The molecule has 0 aliphatic heterocycles. The second-order valence-corrected chi connectivity index (χ2v) is 4.40. The number of halogens is 3. The second-order valence-electron chi connectivity index (χ2n) is 4.40. The molecule has 2 rings (SSSR count). The van der Waals surface area contributed by atoms with E-state index in [4.69, 9.17) is 5.26 Å². The van der Waals surface area contributed by atoms with Gasteiger partial charge in [-0.1, -0.05) is 0 Å². The molecule has 0 aliphatic rings. The van der Waals surface area contributed by atoms with Gasteiger partial charge in [-0.25, -0.2) is 13.2 Å². The Hall–Kier alpha value is -3.27. The summed E-state index contributed by atoms with van der Waals surface area (Å²) in [7, 11) is 0. The third-order valence-corrected chi connectivity index (χ3v) is 2.77. The number of anilines is 2. The number of carbonyl (C=O) groups is 1. The summed E-state index contributed by atoms with van der Waals surface area (Å²) in [5, 5.41) is 13.8. The van der Waals surface area contributed by atoms with Gasteiger partial charge < -0.3 is 10.6 Å². The lowest BCUT2D eigenvalue weighted by Crippen LogP contribution is -2.14. The molecular formula is C16H10F3N3O. The standard InChI is InChI=1S/C16H10F3N3O/c17-11-1-4-13(5-2-11)22-16(23)10(8-20)9-21-15-6-3-12(18)7-14(15)19/h1-7,9,21H,(H,22,23)/b10-9-. The summed E-state index contributed by atoms with van der Waals surface area (Å²) in [6, 6.07) is 9.44. The SMILES string of the molecule is N#C/C(=C/Nc1ccc(F)cc1F)C(=O)Nc1ccc(F)cc1. The van der Waals surface area contributed by atoms with Crippen LogP contribution in [0.3, 0.4) is 0 Å². The van der Waals surface area contributed by atoms with Crippen LogP contribution in [0.5, 0.6) is 0 Å². The zero-order chi connectivity index (χ0) is 16.8. The molecule has 0 atom stereocenters. The Bertz CT molecular complexity index is 795. The Balaban J connectivity index is 2.10. The highest BCUT2D eigenvalue weighted by Crippen LogP contribution is 2.15. The number of carbonyl (C=O) groups excluding carboxylic acids is 1. The molecular weight excluding hydrogens is 307 g/mol. The van der Waals surface area contributed by atoms with Gasteiger partial charge in [-0.3, -0.25) is 4.79 Å². The van der Waals surface area contributed by atoms with Crippen LogP contribution in [0.2, 0.25) is 0 Å². The summed E-state index contributed by atoms with van der Waals surface area (Å²) in [4.78, 5) is 11.9. The van der Waals surface area contributed by atoms with Crippen LogP contribution in [-0.4, -0.2) is 5.91 Å². The van der Waals surface area contributed by atoms with E-state index in [0.29, 0.717) is 11.8 Å². The van der Waals surface area contributed by atoms with Gasteiger partial charge in [0.05, 0.1) is 5.69 Å². The van der Waals surface area contributed by atoms with Gasteiger partial charge in [0, 0.05) is 18.0 Å². The average Bonchev–Trinajstić information content (AvgIpc) is 2.52. The van der Waals surface area contributed by atoms with E-state index >= 15 is 0 Å². The number of nitriles is 1. The van der Waals surface area contributed by atoms with Crippen LogP contribution in [0.25, 0.3) is 0 Å². The van der Waals surface area contributed by atoms with Crippen LogP contribution in [0.4, 0.5) is 24.5 Å². The minimum absolute atomic E-state index is 0.0891. The number of hydrogen-bond donors (Lipinski definition) is 2. The predicted molar refractivity (Wildman–Crippen MR) is 78.7 cm³/mol. The highest BCUT2D eigenvalue weighted by molar-refractivity contribution is 6.06. The smallest absolute Gasteiger partial charge is 0.267 e. The molecule has 2 N–H and O–H groups in total. The molecule has 0 unspecified atom stereocenters. The largest absolute Gasteiger partial charge is 0.358 e. The van der Waals surface area contributed by atoms with Crippen molar-refractivity contribution in [2.75, 3.05) is 10.6 Å². The first kappa shape index (κ1) is 16.1. The molecule has 0 saturated heterocycles. The molecule has 1 amide bonds. The average molecular weight is 317 g/mol. The lowest BCUT2D eigenvalue weighted by atomic mass is 10.2. The first-order chi connectivity index (χ1) is 11.0. The molecule has 0 fully saturated rings. The summed E-state index contributed by atoms with van der Waals surface area (Å²) in [5.41, 5.74) is -0.128. The first-order valence-electron chi connectivity index (χ1n) is 6.38. The number of amides is 1. The fraction of sp³-hybridized carbons (Fsp3) is 0. The van der Waals surface area contributed by atoms with E-state index in [1.54, 1.807) is 6.07 Å². The maximum absolute atomic E-state index is 13.4. The summed E-state index contributed by atoms with van der Waals surface area (Å²) >= 11 is 0. The van der Waals surface area contributed by atoms with Gasteiger partial charge in [0.15, 0.2) is 0 Å². The van der Waals surface area contributed by atoms with Crippen molar-refractivity contribution in [1.29, 1.82) is 5.26 Å². The van der Waals surface area contributed by atoms with Crippen molar-refractivity contribution in [2.24, 2.45) is 0 Å². The van der Waals surface area contributed by atoms with E-state index in [1.165, 1.54) is 12.1 Å². The van der Waals surface area contributed by atoms with Gasteiger partial charge >= 0.3 is 0 Å². The van der Waals surface area contributed by atoms with Crippen LogP contribution in [0, 0.1) is 28.8 Å². The van der Waals surface area contributed by atoms with Crippen LogP contribution >= 0.6 is 0 Å². The number of hydrogen-bond acceptors (Lipinski definition) is 3. The van der Waals surface area contributed by atoms with Gasteiger partial charge in [-0.05, 0) is 36.4 Å². The molecule has 116 valence electrons. The fourth-order valence-corrected chi connectivity index (χ4v) is 1.64. The lowest BCUT2D eigenvalue weighted by Gasteiger charge is -2.06. The van der Waals surface area contributed by atoms with Crippen molar-refractivity contribution in [2.45, 2.75) is 0 Å². The molecule has 0 spiro atoms. The van der Waals surface area contributed by atoms with Crippen LogP contribution < -0.4 is 10.6 Å². The van der Waals surface area contributed by atoms with Gasteiger partial charge in [0.2, 0.25) is 0 Å². The molecule has 0 aliphatic carbocycles. The summed E-state index contributed by atoms with van der Waals surface area (Å²) in [6.07, 6.45) is 0.995. The van der Waals surface area contributed by atoms with Crippen molar-refractivity contribution in [3.63, 3.8) is 0 Å². The van der Waals surface area contributed by atoms with Crippen LogP contribution in [0.1, 0.15) is 0 Å². The van der Waals surface area contributed by atoms with E-state index < -0.39 is 23.4 Å². The van der Waals surface area contributed by atoms with E-state index in [9.17, 15) is 18.0 Å². The van der Waals surface area contributed by atoms with Gasteiger partial charge in [0.1, 0.15) is 29.1 Å².